The van der Waals surface area contributed by atoms with Gasteiger partial charge < -0.3 is 10.1 Å². The predicted molar refractivity (Wildman–Crippen MR) is 118 cm³/mol. The molecular formula is C23H24N2O4S. The molecule has 0 aliphatic heterocycles. The number of carbonyl (C=O) groups excluding carboxylic acids is 1. The summed E-state index contributed by atoms with van der Waals surface area (Å²) in [7, 11) is -3.74. The minimum absolute atomic E-state index is 0.0942. The molecule has 0 spiro atoms. The second-order valence-electron chi connectivity index (χ2n) is 6.92. The largest absolute Gasteiger partial charge is 0.367 e. The first kappa shape index (κ1) is 21.5. The number of nitrogens with one attached hydrogen (secondary N) is 2. The number of para-hydroxylation sites is 1. The number of benzene rings is 3. The van der Waals surface area contributed by atoms with E-state index in [4.69, 9.17) is 4.74 Å². The SMILES string of the molecule is Cc1cccc(C)c1NS(=O)(=O)c1ccc(NC(=O)COCc2ccccc2)cc1. The van der Waals surface area contributed by atoms with Gasteiger partial charge in [-0.15, -0.1) is 0 Å². The van der Waals surface area contributed by atoms with Crippen molar-refractivity contribution in [3.63, 3.8) is 0 Å². The van der Waals surface area contributed by atoms with E-state index < -0.39 is 10.0 Å². The molecule has 3 aromatic carbocycles. The molecule has 0 aromatic heterocycles. The quantitative estimate of drug-likeness (QED) is 0.566. The minimum atomic E-state index is -3.74. The highest BCUT2D eigenvalue weighted by molar-refractivity contribution is 7.92. The number of rotatable bonds is 8. The van der Waals surface area contributed by atoms with Crippen molar-refractivity contribution in [2.75, 3.05) is 16.6 Å². The van der Waals surface area contributed by atoms with Crippen LogP contribution in [0.5, 0.6) is 0 Å². The fraction of sp³-hybridized carbons (Fsp3) is 0.174. The van der Waals surface area contributed by atoms with Crippen LogP contribution >= 0.6 is 0 Å². The second-order valence-corrected chi connectivity index (χ2v) is 8.61. The van der Waals surface area contributed by atoms with Gasteiger partial charge in [0, 0.05) is 5.69 Å². The first-order valence-corrected chi connectivity index (χ1v) is 10.9. The zero-order chi connectivity index (χ0) is 21.6. The third-order valence-corrected chi connectivity index (χ3v) is 5.88. The van der Waals surface area contributed by atoms with Crippen molar-refractivity contribution in [2.45, 2.75) is 25.3 Å². The molecule has 1 amide bonds. The Labute approximate surface area is 177 Å². The molecule has 0 atom stereocenters. The summed E-state index contributed by atoms with van der Waals surface area (Å²) >= 11 is 0. The lowest BCUT2D eigenvalue weighted by molar-refractivity contribution is -0.121. The Morgan fingerprint density at radius 3 is 2.13 bits per heavy atom. The summed E-state index contributed by atoms with van der Waals surface area (Å²) in [5.74, 6) is -0.310. The highest BCUT2D eigenvalue weighted by atomic mass is 32.2. The number of ether oxygens (including phenoxy) is 1. The number of anilines is 2. The van der Waals surface area contributed by atoms with E-state index in [9.17, 15) is 13.2 Å². The van der Waals surface area contributed by atoms with Crippen LogP contribution in [-0.4, -0.2) is 20.9 Å². The van der Waals surface area contributed by atoms with E-state index in [1.165, 1.54) is 12.1 Å². The monoisotopic (exact) mass is 424 g/mol. The van der Waals surface area contributed by atoms with Crippen LogP contribution in [0.25, 0.3) is 0 Å². The van der Waals surface area contributed by atoms with Crippen LogP contribution in [0.15, 0.2) is 77.7 Å². The Morgan fingerprint density at radius 2 is 1.50 bits per heavy atom. The number of aryl methyl sites for hydroxylation is 2. The molecular weight excluding hydrogens is 400 g/mol. The first-order valence-electron chi connectivity index (χ1n) is 9.46. The van der Waals surface area contributed by atoms with Gasteiger partial charge in [0.25, 0.3) is 10.0 Å². The molecule has 156 valence electrons. The summed E-state index contributed by atoms with van der Waals surface area (Å²) in [6, 6.07) is 21.2. The van der Waals surface area contributed by atoms with Crippen LogP contribution in [0.2, 0.25) is 0 Å². The lowest BCUT2D eigenvalue weighted by Crippen LogP contribution is -2.18. The van der Waals surface area contributed by atoms with Crippen LogP contribution < -0.4 is 10.0 Å². The number of carbonyl (C=O) groups is 1. The van der Waals surface area contributed by atoms with E-state index >= 15 is 0 Å². The minimum Gasteiger partial charge on any atom is -0.367 e. The number of hydrogen-bond donors (Lipinski definition) is 2. The Kier molecular flexibility index (Phi) is 6.87. The van der Waals surface area contributed by atoms with Crippen LogP contribution in [-0.2, 0) is 26.2 Å². The third kappa shape index (κ3) is 5.68. The zero-order valence-corrected chi connectivity index (χ0v) is 17.7. The van der Waals surface area contributed by atoms with Gasteiger partial charge in [0.1, 0.15) is 6.61 Å². The number of sulfonamides is 1. The maximum absolute atomic E-state index is 12.7. The molecule has 0 aliphatic carbocycles. The van der Waals surface area contributed by atoms with Crippen molar-refractivity contribution in [3.8, 4) is 0 Å². The summed E-state index contributed by atoms with van der Waals surface area (Å²) in [6.45, 7) is 3.95. The lowest BCUT2D eigenvalue weighted by Gasteiger charge is -2.13. The van der Waals surface area contributed by atoms with Crippen LogP contribution in [0.4, 0.5) is 11.4 Å². The molecule has 0 saturated carbocycles. The molecule has 0 radical (unpaired) electrons. The maximum Gasteiger partial charge on any atom is 0.261 e. The van der Waals surface area contributed by atoms with Gasteiger partial charge in [-0.25, -0.2) is 8.42 Å². The third-order valence-electron chi connectivity index (χ3n) is 4.51. The predicted octanol–water partition coefficient (Wildman–Crippen LogP) is 4.26. The summed E-state index contributed by atoms with van der Waals surface area (Å²) < 4.78 is 33.4. The summed E-state index contributed by atoms with van der Waals surface area (Å²) in [5, 5.41) is 2.70. The zero-order valence-electron chi connectivity index (χ0n) is 16.9. The van der Waals surface area contributed by atoms with E-state index in [1.807, 2.05) is 62.4 Å². The molecule has 0 unspecified atom stereocenters. The van der Waals surface area contributed by atoms with Crippen LogP contribution in [0, 0.1) is 13.8 Å². The highest BCUT2D eigenvalue weighted by Gasteiger charge is 2.16. The number of hydrogen-bond acceptors (Lipinski definition) is 4. The summed E-state index contributed by atoms with van der Waals surface area (Å²) in [4.78, 5) is 12.1. The van der Waals surface area contributed by atoms with Gasteiger partial charge in [0.15, 0.2) is 0 Å². The average molecular weight is 425 g/mol. The van der Waals surface area contributed by atoms with Crippen molar-refractivity contribution in [2.24, 2.45) is 0 Å². The molecule has 0 fully saturated rings. The van der Waals surface area contributed by atoms with E-state index in [2.05, 4.69) is 10.0 Å². The highest BCUT2D eigenvalue weighted by Crippen LogP contribution is 2.24. The molecule has 0 heterocycles. The Bertz CT molecular complexity index is 1090. The topological polar surface area (TPSA) is 84.5 Å². The molecule has 0 saturated heterocycles. The number of amides is 1. The van der Waals surface area contributed by atoms with Crippen molar-refractivity contribution in [1.82, 2.24) is 0 Å². The van der Waals surface area contributed by atoms with Gasteiger partial charge in [0.05, 0.1) is 17.2 Å². The Morgan fingerprint density at radius 1 is 0.867 bits per heavy atom. The molecule has 3 rings (SSSR count). The van der Waals surface area contributed by atoms with Gasteiger partial charge in [-0.05, 0) is 54.8 Å². The van der Waals surface area contributed by atoms with Gasteiger partial charge >= 0.3 is 0 Å². The summed E-state index contributed by atoms with van der Waals surface area (Å²) in [6.07, 6.45) is 0. The van der Waals surface area contributed by atoms with Gasteiger partial charge in [-0.2, -0.15) is 0 Å². The van der Waals surface area contributed by atoms with Crippen molar-refractivity contribution < 1.29 is 17.9 Å². The molecule has 3 aromatic rings. The molecule has 7 heteroatoms. The lowest BCUT2D eigenvalue weighted by atomic mass is 10.1. The first-order chi connectivity index (χ1) is 14.3. The second kappa shape index (κ2) is 9.56. The molecule has 0 bridgehead atoms. The van der Waals surface area contributed by atoms with Crippen LogP contribution in [0.3, 0.4) is 0 Å². The van der Waals surface area contributed by atoms with E-state index in [0.29, 0.717) is 18.0 Å². The molecule has 30 heavy (non-hydrogen) atoms. The normalized spacial score (nSPS) is 11.1. The van der Waals surface area contributed by atoms with Crippen molar-refractivity contribution >= 4 is 27.3 Å². The smallest absolute Gasteiger partial charge is 0.261 e. The van der Waals surface area contributed by atoms with Crippen molar-refractivity contribution in [1.29, 1.82) is 0 Å². The van der Waals surface area contributed by atoms with Gasteiger partial charge in [0.2, 0.25) is 5.91 Å². The Balaban J connectivity index is 1.58. The molecule has 6 nitrogen and oxygen atoms in total. The fourth-order valence-corrected chi connectivity index (χ4v) is 4.12. The van der Waals surface area contributed by atoms with E-state index in [-0.39, 0.29) is 17.4 Å². The molecule has 0 aliphatic rings. The van der Waals surface area contributed by atoms with E-state index in [1.54, 1.807) is 12.1 Å². The standard InChI is InChI=1S/C23H24N2O4S/c1-17-7-6-8-18(2)23(17)25-30(27,28)21-13-11-20(12-14-21)24-22(26)16-29-15-19-9-4-3-5-10-19/h3-14,25H,15-16H2,1-2H3,(H,24,26). The molecule has 2 N–H and O–H groups in total. The fourth-order valence-electron chi connectivity index (χ4n) is 2.92. The summed E-state index contributed by atoms with van der Waals surface area (Å²) in [5.41, 5.74) is 3.74. The maximum atomic E-state index is 12.7. The Hall–Kier alpha value is -3.16. The average Bonchev–Trinajstić information content (AvgIpc) is 2.72. The van der Waals surface area contributed by atoms with E-state index in [0.717, 1.165) is 16.7 Å². The van der Waals surface area contributed by atoms with Crippen LogP contribution in [0.1, 0.15) is 16.7 Å². The van der Waals surface area contributed by atoms with Gasteiger partial charge in [-0.3, -0.25) is 9.52 Å². The van der Waals surface area contributed by atoms with Crippen molar-refractivity contribution in [3.05, 3.63) is 89.5 Å². The van der Waals surface area contributed by atoms with Gasteiger partial charge in [-0.1, -0.05) is 48.5 Å².